The first-order valence-electron chi connectivity index (χ1n) is 10.6. The molecule has 0 aliphatic heterocycles. The van der Waals surface area contributed by atoms with E-state index in [-0.39, 0.29) is 5.91 Å². The number of rotatable bonds is 5. The van der Waals surface area contributed by atoms with Crippen LogP contribution in [-0.2, 0) is 4.79 Å². The molecular formula is C25H23N7O2. The number of nitrogens with zero attached hydrogens (tertiary/aromatic N) is 4. The van der Waals surface area contributed by atoms with Gasteiger partial charge < -0.3 is 16.4 Å². The highest BCUT2D eigenvalue weighted by Gasteiger charge is 2.21. The summed E-state index contributed by atoms with van der Waals surface area (Å²) >= 11 is 0. The lowest BCUT2D eigenvalue weighted by Gasteiger charge is -2.10. The molecule has 4 aromatic rings. The molecule has 0 unspecified atom stereocenters. The predicted octanol–water partition coefficient (Wildman–Crippen LogP) is 3.13. The van der Waals surface area contributed by atoms with Crippen molar-refractivity contribution in [1.29, 1.82) is 0 Å². The molecule has 0 aliphatic rings. The Balaban J connectivity index is 1.65. The van der Waals surface area contributed by atoms with Crippen molar-refractivity contribution in [3.8, 4) is 23.1 Å². The van der Waals surface area contributed by atoms with Gasteiger partial charge in [0.2, 0.25) is 0 Å². The molecule has 9 nitrogen and oxygen atoms in total. The van der Waals surface area contributed by atoms with Crippen molar-refractivity contribution in [1.82, 2.24) is 24.7 Å². The van der Waals surface area contributed by atoms with Gasteiger partial charge in [-0.15, -0.1) is 0 Å². The van der Waals surface area contributed by atoms with Crippen LogP contribution in [0.4, 0.5) is 11.6 Å². The number of hydrogen-bond acceptors (Lipinski definition) is 6. The third-order valence-corrected chi connectivity index (χ3v) is 5.16. The molecule has 0 aliphatic carbocycles. The minimum atomic E-state index is -0.427. The zero-order chi connectivity index (χ0) is 24.2. The summed E-state index contributed by atoms with van der Waals surface area (Å²) in [4.78, 5) is 37.7. The van der Waals surface area contributed by atoms with E-state index in [4.69, 9.17) is 10.7 Å². The number of aryl methyl sites for hydroxylation is 1. The Bertz CT molecular complexity index is 1430. The first-order chi connectivity index (χ1) is 16.4. The molecule has 4 N–H and O–H groups in total. The number of amides is 2. The highest BCUT2D eigenvalue weighted by molar-refractivity contribution is 6.04. The van der Waals surface area contributed by atoms with Crippen molar-refractivity contribution in [2.24, 2.45) is 0 Å². The van der Waals surface area contributed by atoms with Crippen LogP contribution in [-0.4, -0.2) is 31.2 Å². The SMILES string of the molecule is CC#CC(=O)N[C@@H](C)c1nc(-c2ccc(C(=O)Nc3ccc(C)cn3)cc2)c2c(N)nccn12. The van der Waals surface area contributed by atoms with Gasteiger partial charge in [-0.2, -0.15) is 0 Å². The average Bonchev–Trinajstić information content (AvgIpc) is 3.22. The van der Waals surface area contributed by atoms with Gasteiger partial charge in [0.15, 0.2) is 0 Å². The Morgan fingerprint density at radius 2 is 1.88 bits per heavy atom. The number of carbonyl (C=O) groups is 2. The van der Waals surface area contributed by atoms with Crippen LogP contribution < -0.4 is 16.4 Å². The summed E-state index contributed by atoms with van der Waals surface area (Å²) in [6.07, 6.45) is 5.00. The van der Waals surface area contributed by atoms with Crippen molar-refractivity contribution in [3.05, 3.63) is 71.9 Å². The molecule has 34 heavy (non-hydrogen) atoms. The molecule has 4 rings (SSSR count). The largest absolute Gasteiger partial charge is 0.382 e. The maximum atomic E-state index is 12.6. The minimum Gasteiger partial charge on any atom is -0.382 e. The molecular weight excluding hydrogens is 430 g/mol. The van der Waals surface area contributed by atoms with E-state index < -0.39 is 11.9 Å². The lowest BCUT2D eigenvalue weighted by molar-refractivity contribution is -0.116. The number of benzene rings is 1. The van der Waals surface area contributed by atoms with Crippen molar-refractivity contribution < 1.29 is 9.59 Å². The Morgan fingerprint density at radius 3 is 2.56 bits per heavy atom. The van der Waals surface area contributed by atoms with Crippen LogP contribution in [0.15, 0.2) is 55.0 Å². The number of nitrogens with one attached hydrogen (secondary N) is 2. The quantitative estimate of drug-likeness (QED) is 0.399. The van der Waals surface area contributed by atoms with E-state index in [1.807, 2.05) is 19.9 Å². The molecule has 2 amide bonds. The summed E-state index contributed by atoms with van der Waals surface area (Å²) in [5.74, 6) is 5.74. The van der Waals surface area contributed by atoms with Crippen LogP contribution in [0.25, 0.3) is 16.8 Å². The summed E-state index contributed by atoms with van der Waals surface area (Å²) < 4.78 is 1.80. The van der Waals surface area contributed by atoms with Gasteiger partial charge in [-0.3, -0.25) is 14.0 Å². The molecule has 9 heteroatoms. The van der Waals surface area contributed by atoms with Gasteiger partial charge in [-0.1, -0.05) is 24.1 Å². The summed E-state index contributed by atoms with van der Waals surface area (Å²) in [6, 6.07) is 10.2. The summed E-state index contributed by atoms with van der Waals surface area (Å²) in [5, 5.41) is 5.59. The van der Waals surface area contributed by atoms with Crippen molar-refractivity contribution in [2.75, 3.05) is 11.1 Å². The van der Waals surface area contributed by atoms with E-state index in [9.17, 15) is 9.59 Å². The van der Waals surface area contributed by atoms with Crippen molar-refractivity contribution in [2.45, 2.75) is 26.8 Å². The first-order valence-corrected chi connectivity index (χ1v) is 10.6. The average molecular weight is 454 g/mol. The first kappa shape index (κ1) is 22.5. The smallest absolute Gasteiger partial charge is 0.296 e. The van der Waals surface area contributed by atoms with Crippen LogP contribution in [0.3, 0.4) is 0 Å². The van der Waals surface area contributed by atoms with Gasteiger partial charge in [0, 0.05) is 29.7 Å². The van der Waals surface area contributed by atoms with Gasteiger partial charge in [0.25, 0.3) is 11.8 Å². The van der Waals surface area contributed by atoms with Gasteiger partial charge in [0.1, 0.15) is 28.7 Å². The number of aromatic nitrogens is 4. The monoisotopic (exact) mass is 453 g/mol. The Labute approximate surface area is 196 Å². The van der Waals surface area contributed by atoms with Gasteiger partial charge in [-0.05, 0) is 50.5 Å². The molecule has 3 heterocycles. The number of pyridine rings is 1. The zero-order valence-electron chi connectivity index (χ0n) is 19.0. The third kappa shape index (κ3) is 4.56. The lowest BCUT2D eigenvalue weighted by Crippen LogP contribution is -2.26. The van der Waals surface area contributed by atoms with Crippen molar-refractivity contribution >= 4 is 29.0 Å². The molecule has 0 spiro atoms. The molecule has 1 atom stereocenters. The number of carbonyl (C=O) groups excluding carboxylic acids is 2. The molecule has 0 saturated heterocycles. The fourth-order valence-corrected chi connectivity index (χ4v) is 3.51. The summed E-state index contributed by atoms with van der Waals surface area (Å²) in [6.45, 7) is 5.34. The zero-order valence-corrected chi connectivity index (χ0v) is 19.0. The molecule has 0 saturated carbocycles. The Morgan fingerprint density at radius 1 is 1.12 bits per heavy atom. The number of imidazole rings is 1. The molecule has 170 valence electrons. The van der Waals surface area contributed by atoms with Crippen LogP contribution >= 0.6 is 0 Å². The number of anilines is 2. The molecule has 0 radical (unpaired) electrons. The molecule has 0 fully saturated rings. The molecule has 3 aromatic heterocycles. The second-order valence-corrected chi connectivity index (χ2v) is 7.67. The fraction of sp³-hybridized carbons (Fsp3) is 0.160. The summed E-state index contributed by atoms with van der Waals surface area (Å²) in [7, 11) is 0. The second-order valence-electron chi connectivity index (χ2n) is 7.67. The Kier molecular flexibility index (Phi) is 6.23. The maximum absolute atomic E-state index is 12.6. The van der Waals surface area contributed by atoms with Crippen molar-refractivity contribution in [3.63, 3.8) is 0 Å². The lowest BCUT2D eigenvalue weighted by atomic mass is 10.1. The number of fused-ring (bicyclic) bond motifs is 1. The second kappa shape index (κ2) is 9.42. The summed E-state index contributed by atoms with van der Waals surface area (Å²) in [5.41, 5.74) is 9.62. The van der Waals surface area contributed by atoms with Gasteiger partial charge >= 0.3 is 0 Å². The number of nitrogens with two attached hydrogens (primary N) is 1. The van der Waals surface area contributed by atoms with E-state index in [0.717, 1.165) is 11.1 Å². The minimum absolute atomic E-state index is 0.271. The number of hydrogen-bond donors (Lipinski definition) is 3. The standard InChI is InChI=1S/C25H23N7O2/c1-4-5-20(33)29-16(3)24-31-21(22-23(26)27-12-13-32(22)24)17-7-9-18(10-8-17)25(34)30-19-11-6-15(2)14-28-19/h6-14,16H,1-3H3,(H2,26,27)(H,29,33)(H,28,30,34)/t16-/m0/s1. The number of nitrogen functional groups attached to an aromatic ring is 1. The fourth-order valence-electron chi connectivity index (χ4n) is 3.51. The van der Waals surface area contributed by atoms with Gasteiger partial charge in [0.05, 0.1) is 6.04 Å². The highest BCUT2D eigenvalue weighted by Crippen LogP contribution is 2.30. The molecule has 0 bridgehead atoms. The normalized spacial score (nSPS) is 11.4. The predicted molar refractivity (Wildman–Crippen MR) is 130 cm³/mol. The van der Waals surface area contributed by atoms with Crippen LogP contribution in [0.2, 0.25) is 0 Å². The van der Waals surface area contributed by atoms with Crippen LogP contribution in [0, 0.1) is 18.8 Å². The van der Waals surface area contributed by atoms with Gasteiger partial charge in [-0.25, -0.2) is 15.0 Å². The van der Waals surface area contributed by atoms with E-state index in [2.05, 4.69) is 32.4 Å². The third-order valence-electron chi connectivity index (χ3n) is 5.16. The van der Waals surface area contributed by atoms with Crippen LogP contribution in [0.5, 0.6) is 0 Å². The van der Waals surface area contributed by atoms with E-state index in [0.29, 0.717) is 34.2 Å². The Hall–Kier alpha value is -4.71. The van der Waals surface area contributed by atoms with E-state index in [1.165, 1.54) is 0 Å². The van der Waals surface area contributed by atoms with E-state index in [1.54, 1.807) is 60.2 Å². The van der Waals surface area contributed by atoms with Crippen LogP contribution in [0.1, 0.15) is 41.6 Å². The highest BCUT2D eigenvalue weighted by atomic mass is 16.2. The maximum Gasteiger partial charge on any atom is 0.296 e. The molecule has 1 aromatic carbocycles. The topological polar surface area (TPSA) is 127 Å². The van der Waals surface area contributed by atoms with E-state index >= 15 is 0 Å².